The normalized spacial score (nSPS) is 17.6. The van der Waals surface area contributed by atoms with Gasteiger partial charge in [-0.15, -0.1) is 0 Å². The van der Waals surface area contributed by atoms with E-state index in [-0.39, 0.29) is 24.3 Å². The number of oxazole rings is 1. The average molecular weight is 482 g/mol. The van der Waals surface area contributed by atoms with Crippen molar-refractivity contribution in [2.24, 2.45) is 0 Å². The second-order valence-corrected chi connectivity index (χ2v) is 9.00. The smallest absolute Gasteiger partial charge is 0.257 e. The molecule has 2 fully saturated rings. The SMILES string of the molecule is COc1cccc(C(=O)N(C2CC2)C2CC(=O)N(c3ccc(-c4nc5ccccc5o4)cc3)C2=O)c1. The topological polar surface area (TPSA) is 92.9 Å². The summed E-state index contributed by atoms with van der Waals surface area (Å²) in [5, 5.41) is 0. The minimum atomic E-state index is -0.833. The maximum absolute atomic E-state index is 13.5. The van der Waals surface area contributed by atoms with Crippen molar-refractivity contribution in [3.8, 4) is 17.2 Å². The number of imide groups is 1. The average Bonchev–Trinajstić information content (AvgIpc) is 3.57. The molecule has 1 aliphatic heterocycles. The van der Waals surface area contributed by atoms with E-state index in [0.717, 1.165) is 23.9 Å². The Kier molecular flexibility index (Phi) is 5.29. The quantitative estimate of drug-likeness (QED) is 0.378. The van der Waals surface area contributed by atoms with Gasteiger partial charge in [0.15, 0.2) is 5.58 Å². The number of para-hydroxylation sites is 2. The van der Waals surface area contributed by atoms with Crippen LogP contribution >= 0.6 is 0 Å². The third kappa shape index (κ3) is 3.80. The van der Waals surface area contributed by atoms with Crippen LogP contribution in [-0.2, 0) is 9.59 Å². The molecule has 3 amide bonds. The van der Waals surface area contributed by atoms with E-state index >= 15 is 0 Å². The lowest BCUT2D eigenvalue weighted by molar-refractivity contribution is -0.122. The summed E-state index contributed by atoms with van der Waals surface area (Å²) >= 11 is 0. The van der Waals surface area contributed by atoms with Crippen molar-refractivity contribution >= 4 is 34.5 Å². The third-order valence-electron chi connectivity index (χ3n) is 6.62. The monoisotopic (exact) mass is 481 g/mol. The summed E-state index contributed by atoms with van der Waals surface area (Å²) in [5.74, 6) is 0.0340. The van der Waals surface area contributed by atoms with Crippen LogP contribution in [0.5, 0.6) is 5.75 Å². The minimum absolute atomic E-state index is 0.0437. The van der Waals surface area contributed by atoms with Gasteiger partial charge in [0, 0.05) is 17.2 Å². The third-order valence-corrected chi connectivity index (χ3v) is 6.62. The molecule has 2 aliphatic rings. The van der Waals surface area contributed by atoms with Crippen LogP contribution in [0.25, 0.3) is 22.6 Å². The molecule has 0 N–H and O–H groups in total. The number of hydrogen-bond donors (Lipinski definition) is 0. The highest BCUT2D eigenvalue weighted by atomic mass is 16.5. The van der Waals surface area contributed by atoms with Crippen molar-refractivity contribution in [3.05, 3.63) is 78.4 Å². The summed E-state index contributed by atoms with van der Waals surface area (Å²) in [7, 11) is 1.54. The summed E-state index contributed by atoms with van der Waals surface area (Å²) in [6.07, 6.45) is 1.58. The van der Waals surface area contributed by atoms with Crippen molar-refractivity contribution in [2.45, 2.75) is 31.3 Å². The standard InChI is InChI=1S/C28H23N3O5/c1-35-21-6-4-5-18(15-21)27(33)30(19-13-14-19)23-16-25(32)31(28(23)34)20-11-9-17(10-12-20)26-29-22-7-2-3-8-24(22)36-26/h2-12,15,19,23H,13-14,16H2,1H3. The highest BCUT2D eigenvalue weighted by molar-refractivity contribution is 6.23. The van der Waals surface area contributed by atoms with Gasteiger partial charge in [-0.1, -0.05) is 18.2 Å². The number of carbonyl (C=O) groups excluding carboxylic acids is 3. The number of rotatable bonds is 6. The van der Waals surface area contributed by atoms with Gasteiger partial charge in [-0.25, -0.2) is 9.88 Å². The predicted molar refractivity (Wildman–Crippen MR) is 133 cm³/mol. The van der Waals surface area contributed by atoms with Crippen LogP contribution in [-0.4, -0.2) is 46.8 Å². The summed E-state index contributed by atoms with van der Waals surface area (Å²) in [4.78, 5) is 47.1. The number of fused-ring (bicyclic) bond motifs is 1. The lowest BCUT2D eigenvalue weighted by atomic mass is 10.1. The van der Waals surface area contributed by atoms with Crippen LogP contribution in [0.15, 0.2) is 77.2 Å². The Balaban J connectivity index is 1.26. The number of nitrogens with zero attached hydrogens (tertiary/aromatic N) is 3. The van der Waals surface area contributed by atoms with E-state index in [0.29, 0.717) is 28.5 Å². The predicted octanol–water partition coefficient (Wildman–Crippen LogP) is 4.44. The molecule has 6 rings (SSSR count). The van der Waals surface area contributed by atoms with Crippen LogP contribution < -0.4 is 9.64 Å². The van der Waals surface area contributed by atoms with Crippen LogP contribution in [0.4, 0.5) is 5.69 Å². The van der Waals surface area contributed by atoms with Gasteiger partial charge in [0.2, 0.25) is 11.8 Å². The minimum Gasteiger partial charge on any atom is -0.497 e. The number of methoxy groups -OCH3 is 1. The number of carbonyl (C=O) groups is 3. The van der Waals surface area contributed by atoms with Crippen molar-refractivity contribution in [1.29, 1.82) is 0 Å². The lowest BCUT2D eigenvalue weighted by Gasteiger charge is -2.28. The second-order valence-electron chi connectivity index (χ2n) is 9.00. The van der Waals surface area contributed by atoms with E-state index in [9.17, 15) is 14.4 Å². The van der Waals surface area contributed by atoms with Crippen molar-refractivity contribution < 1.29 is 23.5 Å². The number of ether oxygens (including phenoxy) is 1. The summed E-state index contributed by atoms with van der Waals surface area (Å²) in [6, 6.07) is 20.4. The van der Waals surface area contributed by atoms with E-state index in [1.807, 2.05) is 24.3 Å². The maximum Gasteiger partial charge on any atom is 0.257 e. The molecule has 0 radical (unpaired) electrons. The van der Waals surface area contributed by atoms with Gasteiger partial charge in [-0.3, -0.25) is 14.4 Å². The first-order valence-electron chi connectivity index (χ1n) is 11.8. The molecule has 4 aromatic rings. The second kappa shape index (κ2) is 8.64. The summed E-state index contributed by atoms with van der Waals surface area (Å²) < 4.78 is 11.1. The largest absolute Gasteiger partial charge is 0.497 e. The Labute approximate surface area is 207 Å². The van der Waals surface area contributed by atoms with E-state index < -0.39 is 11.9 Å². The molecule has 1 saturated heterocycles. The van der Waals surface area contributed by atoms with Crippen molar-refractivity contribution in [2.75, 3.05) is 12.0 Å². The molecule has 8 nitrogen and oxygen atoms in total. The molecular formula is C28H23N3O5. The van der Waals surface area contributed by atoms with Gasteiger partial charge >= 0.3 is 0 Å². The van der Waals surface area contributed by atoms with E-state index in [2.05, 4.69) is 4.98 Å². The van der Waals surface area contributed by atoms with Gasteiger partial charge in [-0.2, -0.15) is 0 Å². The Morgan fingerprint density at radius 3 is 2.53 bits per heavy atom. The zero-order chi connectivity index (χ0) is 24.8. The molecule has 8 heteroatoms. The van der Waals surface area contributed by atoms with Gasteiger partial charge in [0.25, 0.3) is 11.8 Å². The van der Waals surface area contributed by atoms with Gasteiger partial charge in [0.1, 0.15) is 17.3 Å². The van der Waals surface area contributed by atoms with Crippen LogP contribution in [0.2, 0.25) is 0 Å². The Morgan fingerprint density at radius 1 is 1.03 bits per heavy atom. The Morgan fingerprint density at radius 2 is 1.81 bits per heavy atom. The molecule has 1 aromatic heterocycles. The van der Waals surface area contributed by atoms with E-state index in [4.69, 9.17) is 9.15 Å². The van der Waals surface area contributed by atoms with Crippen molar-refractivity contribution in [3.63, 3.8) is 0 Å². The molecule has 2 heterocycles. The zero-order valence-corrected chi connectivity index (χ0v) is 19.6. The number of anilines is 1. The Hall–Kier alpha value is -4.46. The fraction of sp³-hybridized carbons (Fsp3) is 0.214. The first kappa shape index (κ1) is 22.0. The zero-order valence-electron chi connectivity index (χ0n) is 19.6. The van der Waals surface area contributed by atoms with Crippen LogP contribution in [0, 0.1) is 0 Å². The van der Waals surface area contributed by atoms with E-state index in [1.54, 1.807) is 53.4 Å². The molecule has 1 atom stereocenters. The molecule has 180 valence electrons. The number of benzene rings is 3. The first-order valence-corrected chi connectivity index (χ1v) is 11.8. The molecule has 1 aliphatic carbocycles. The maximum atomic E-state index is 13.5. The first-order chi connectivity index (χ1) is 17.5. The molecule has 0 bridgehead atoms. The number of aromatic nitrogens is 1. The van der Waals surface area contributed by atoms with Gasteiger partial charge in [-0.05, 0) is 67.4 Å². The van der Waals surface area contributed by atoms with Gasteiger partial charge in [0.05, 0.1) is 19.2 Å². The molecule has 0 spiro atoms. The van der Waals surface area contributed by atoms with Crippen LogP contribution in [0.3, 0.4) is 0 Å². The fourth-order valence-electron chi connectivity index (χ4n) is 4.67. The molecular weight excluding hydrogens is 458 g/mol. The highest BCUT2D eigenvalue weighted by Crippen LogP contribution is 2.36. The van der Waals surface area contributed by atoms with E-state index in [1.165, 1.54) is 12.0 Å². The number of amides is 3. The molecule has 1 unspecified atom stereocenters. The fourth-order valence-corrected chi connectivity index (χ4v) is 4.67. The Bertz CT molecular complexity index is 1460. The molecule has 3 aromatic carbocycles. The summed E-state index contributed by atoms with van der Waals surface area (Å²) in [5.41, 5.74) is 3.06. The van der Waals surface area contributed by atoms with Gasteiger partial charge < -0.3 is 14.1 Å². The lowest BCUT2D eigenvalue weighted by Crippen LogP contribution is -2.46. The molecule has 1 saturated carbocycles. The highest BCUT2D eigenvalue weighted by Gasteiger charge is 2.49. The van der Waals surface area contributed by atoms with Crippen LogP contribution in [0.1, 0.15) is 29.6 Å². The summed E-state index contributed by atoms with van der Waals surface area (Å²) in [6.45, 7) is 0. The number of hydrogen-bond acceptors (Lipinski definition) is 6. The van der Waals surface area contributed by atoms with Crippen molar-refractivity contribution in [1.82, 2.24) is 9.88 Å². The molecule has 36 heavy (non-hydrogen) atoms.